The van der Waals surface area contributed by atoms with Crippen molar-refractivity contribution in [3.8, 4) is 0 Å². The van der Waals surface area contributed by atoms with Crippen LogP contribution in [-0.4, -0.2) is 18.8 Å². The second-order valence-corrected chi connectivity index (χ2v) is 4.32. The minimum absolute atomic E-state index is 0.255. The predicted molar refractivity (Wildman–Crippen MR) is 76.2 cm³/mol. The number of nitrogens with zero attached hydrogens (tertiary/aromatic N) is 1. The van der Waals surface area contributed by atoms with Crippen LogP contribution in [0.25, 0.3) is 0 Å². The van der Waals surface area contributed by atoms with Crippen LogP contribution in [0.4, 0.5) is 4.79 Å². The lowest BCUT2D eigenvalue weighted by Crippen LogP contribution is -2.20. The first kappa shape index (κ1) is 14.4. The van der Waals surface area contributed by atoms with Gasteiger partial charge in [0.05, 0.1) is 0 Å². The van der Waals surface area contributed by atoms with Crippen molar-refractivity contribution >= 4 is 12.2 Å². The minimum Gasteiger partial charge on any atom is -0.336 e. The first-order chi connectivity index (χ1) is 8.83. The summed E-state index contributed by atoms with van der Waals surface area (Å²) in [5.41, 5.74) is 0.940. The lowest BCUT2D eigenvalue weighted by molar-refractivity contribution is 0.249. The lowest BCUT2D eigenvalue weighted by atomic mass is 10.1. The molecule has 1 aromatic rings. The van der Waals surface area contributed by atoms with Crippen LogP contribution in [0.15, 0.2) is 35.3 Å². The molecule has 0 unspecified atom stereocenters. The molecule has 0 bridgehead atoms. The molecule has 0 saturated carbocycles. The molecule has 0 spiro atoms. The van der Waals surface area contributed by atoms with Crippen LogP contribution >= 0.6 is 0 Å². The highest BCUT2D eigenvalue weighted by molar-refractivity contribution is 5.90. The number of unbranched alkanes of at least 4 members (excludes halogenated alkanes) is 4. The van der Waals surface area contributed by atoms with Gasteiger partial charge in [-0.3, -0.25) is 0 Å². The SMILES string of the molecule is CCCCCCCNC(=O)/N=C/c1ccccc1. The Kier molecular flexibility index (Phi) is 7.53. The van der Waals surface area contributed by atoms with Gasteiger partial charge in [-0.15, -0.1) is 0 Å². The Labute approximate surface area is 109 Å². The molecule has 0 aliphatic carbocycles. The highest BCUT2D eigenvalue weighted by Gasteiger charge is 1.95. The third-order valence-electron chi connectivity index (χ3n) is 2.69. The molecule has 98 valence electrons. The highest BCUT2D eigenvalue weighted by atomic mass is 16.2. The van der Waals surface area contributed by atoms with Crippen molar-refractivity contribution in [1.82, 2.24) is 5.32 Å². The number of nitrogens with one attached hydrogen (secondary N) is 1. The Morgan fingerprint density at radius 3 is 2.61 bits per heavy atom. The van der Waals surface area contributed by atoms with Crippen molar-refractivity contribution in [3.63, 3.8) is 0 Å². The zero-order valence-electron chi connectivity index (χ0n) is 11.1. The van der Waals surface area contributed by atoms with E-state index in [1.54, 1.807) is 6.21 Å². The maximum absolute atomic E-state index is 11.4. The van der Waals surface area contributed by atoms with Crippen molar-refractivity contribution in [2.75, 3.05) is 6.54 Å². The molecule has 0 saturated heterocycles. The molecule has 3 heteroatoms. The third kappa shape index (κ3) is 6.84. The molecular weight excluding hydrogens is 224 g/mol. The summed E-state index contributed by atoms with van der Waals surface area (Å²) in [5.74, 6) is 0. The highest BCUT2D eigenvalue weighted by Crippen LogP contribution is 2.01. The van der Waals surface area contributed by atoms with E-state index in [-0.39, 0.29) is 6.03 Å². The van der Waals surface area contributed by atoms with E-state index >= 15 is 0 Å². The van der Waals surface area contributed by atoms with E-state index in [9.17, 15) is 4.79 Å². The quantitative estimate of drug-likeness (QED) is 0.577. The Hall–Kier alpha value is -1.64. The van der Waals surface area contributed by atoms with Crippen LogP contribution in [0.1, 0.15) is 44.6 Å². The third-order valence-corrected chi connectivity index (χ3v) is 2.69. The van der Waals surface area contributed by atoms with Gasteiger partial charge in [-0.2, -0.15) is 0 Å². The summed E-state index contributed by atoms with van der Waals surface area (Å²) in [5, 5.41) is 2.79. The van der Waals surface area contributed by atoms with Gasteiger partial charge in [0.2, 0.25) is 0 Å². The molecule has 0 aliphatic rings. The molecule has 0 aliphatic heterocycles. The van der Waals surface area contributed by atoms with E-state index < -0.39 is 0 Å². The summed E-state index contributed by atoms with van der Waals surface area (Å²) < 4.78 is 0. The number of amides is 2. The Morgan fingerprint density at radius 1 is 1.17 bits per heavy atom. The molecule has 0 atom stereocenters. The maximum Gasteiger partial charge on any atom is 0.340 e. The van der Waals surface area contributed by atoms with Gasteiger partial charge in [0.1, 0.15) is 0 Å². The maximum atomic E-state index is 11.4. The largest absolute Gasteiger partial charge is 0.340 e. The number of hydrogen-bond acceptors (Lipinski definition) is 1. The predicted octanol–water partition coefficient (Wildman–Crippen LogP) is 3.79. The fraction of sp³-hybridized carbons (Fsp3) is 0.467. The van der Waals surface area contributed by atoms with E-state index in [1.165, 1.54) is 25.7 Å². The molecule has 0 heterocycles. The topological polar surface area (TPSA) is 41.5 Å². The van der Waals surface area contributed by atoms with Crippen molar-refractivity contribution < 1.29 is 4.79 Å². The van der Waals surface area contributed by atoms with Crippen LogP contribution in [-0.2, 0) is 0 Å². The summed E-state index contributed by atoms with van der Waals surface area (Å²) in [6.45, 7) is 2.91. The number of aliphatic imine (C=N–C) groups is 1. The van der Waals surface area contributed by atoms with Gasteiger partial charge < -0.3 is 5.32 Å². The van der Waals surface area contributed by atoms with Crippen molar-refractivity contribution in [2.45, 2.75) is 39.0 Å². The summed E-state index contributed by atoms with van der Waals surface area (Å²) in [7, 11) is 0. The average Bonchev–Trinajstić information content (AvgIpc) is 2.41. The Morgan fingerprint density at radius 2 is 1.89 bits per heavy atom. The van der Waals surface area contributed by atoms with Crippen LogP contribution in [0, 0.1) is 0 Å². The molecule has 0 fully saturated rings. The van der Waals surface area contributed by atoms with Crippen LogP contribution in [0.5, 0.6) is 0 Å². The van der Waals surface area contributed by atoms with E-state index in [1.807, 2.05) is 30.3 Å². The smallest absolute Gasteiger partial charge is 0.336 e. The number of hydrogen-bond donors (Lipinski definition) is 1. The first-order valence-corrected chi connectivity index (χ1v) is 6.70. The monoisotopic (exact) mass is 246 g/mol. The summed E-state index contributed by atoms with van der Waals surface area (Å²) >= 11 is 0. The number of benzene rings is 1. The molecule has 0 radical (unpaired) electrons. The fourth-order valence-corrected chi connectivity index (χ4v) is 1.64. The number of urea groups is 1. The molecule has 3 nitrogen and oxygen atoms in total. The zero-order chi connectivity index (χ0) is 13.1. The normalized spacial score (nSPS) is 10.7. The van der Waals surface area contributed by atoms with Gasteiger partial charge in [-0.1, -0.05) is 62.9 Å². The minimum atomic E-state index is -0.255. The van der Waals surface area contributed by atoms with Crippen molar-refractivity contribution in [2.24, 2.45) is 4.99 Å². The Balaban J connectivity index is 2.12. The number of carbonyl (C=O) groups is 1. The van der Waals surface area contributed by atoms with Crippen molar-refractivity contribution in [1.29, 1.82) is 0 Å². The van der Waals surface area contributed by atoms with E-state index in [2.05, 4.69) is 17.2 Å². The fourth-order valence-electron chi connectivity index (χ4n) is 1.64. The zero-order valence-corrected chi connectivity index (χ0v) is 11.1. The molecular formula is C15H22N2O. The number of carbonyl (C=O) groups excluding carboxylic acids is 1. The van der Waals surface area contributed by atoms with Crippen LogP contribution < -0.4 is 5.32 Å². The summed E-state index contributed by atoms with van der Waals surface area (Å²) in [6.07, 6.45) is 7.57. The molecule has 18 heavy (non-hydrogen) atoms. The van der Waals surface area contributed by atoms with E-state index in [4.69, 9.17) is 0 Å². The van der Waals surface area contributed by atoms with Gasteiger partial charge in [0, 0.05) is 12.8 Å². The van der Waals surface area contributed by atoms with Gasteiger partial charge >= 0.3 is 6.03 Å². The van der Waals surface area contributed by atoms with Gasteiger partial charge in [-0.25, -0.2) is 9.79 Å². The van der Waals surface area contributed by atoms with Gasteiger partial charge in [-0.05, 0) is 12.0 Å². The standard InChI is InChI=1S/C15H22N2O/c1-2-3-4-5-9-12-16-15(18)17-13-14-10-7-6-8-11-14/h6-8,10-11,13H,2-5,9,12H2,1H3,(H,16,18)/b17-13+. The first-order valence-electron chi connectivity index (χ1n) is 6.70. The molecule has 1 aromatic carbocycles. The van der Waals surface area contributed by atoms with Crippen LogP contribution in [0.3, 0.4) is 0 Å². The second kappa shape index (κ2) is 9.40. The number of rotatable bonds is 7. The Bertz CT molecular complexity index is 360. The van der Waals surface area contributed by atoms with E-state index in [0.29, 0.717) is 6.54 Å². The molecule has 2 amide bonds. The van der Waals surface area contributed by atoms with E-state index in [0.717, 1.165) is 12.0 Å². The van der Waals surface area contributed by atoms with Gasteiger partial charge in [0.15, 0.2) is 0 Å². The summed E-state index contributed by atoms with van der Waals surface area (Å²) in [6, 6.07) is 9.37. The van der Waals surface area contributed by atoms with Crippen molar-refractivity contribution in [3.05, 3.63) is 35.9 Å². The molecule has 1 rings (SSSR count). The summed E-state index contributed by atoms with van der Waals surface area (Å²) in [4.78, 5) is 15.2. The average molecular weight is 246 g/mol. The lowest BCUT2D eigenvalue weighted by Gasteiger charge is -2.01. The van der Waals surface area contributed by atoms with Gasteiger partial charge in [0.25, 0.3) is 0 Å². The van der Waals surface area contributed by atoms with Crippen LogP contribution in [0.2, 0.25) is 0 Å². The molecule has 0 aromatic heterocycles. The molecule has 1 N–H and O–H groups in total. The second-order valence-electron chi connectivity index (χ2n) is 4.32.